The zero-order chi connectivity index (χ0) is 16.8. The number of pyridine rings is 1. The van der Waals surface area contributed by atoms with Gasteiger partial charge in [-0.25, -0.2) is 4.68 Å². The van der Waals surface area contributed by atoms with E-state index in [0.717, 1.165) is 23.5 Å². The molecular weight excluding hydrogens is 300 g/mol. The highest BCUT2D eigenvalue weighted by Gasteiger charge is 2.16. The molecule has 3 rings (SSSR count). The molecule has 1 aromatic carbocycles. The molecule has 24 heavy (non-hydrogen) atoms. The molecule has 0 saturated carbocycles. The fourth-order valence-corrected chi connectivity index (χ4v) is 2.64. The number of nitrogens with one attached hydrogen (secondary N) is 1. The van der Waals surface area contributed by atoms with Gasteiger partial charge in [0.15, 0.2) is 0 Å². The quantitative estimate of drug-likeness (QED) is 0.760. The second kappa shape index (κ2) is 7.55. The summed E-state index contributed by atoms with van der Waals surface area (Å²) < 4.78 is 1.83. The van der Waals surface area contributed by atoms with Crippen molar-refractivity contribution >= 4 is 5.91 Å². The molecule has 0 fully saturated rings. The predicted molar refractivity (Wildman–Crippen MR) is 93.2 cm³/mol. The molecular formula is C19H20N4O. The summed E-state index contributed by atoms with van der Waals surface area (Å²) in [6.07, 6.45) is 4.84. The van der Waals surface area contributed by atoms with Gasteiger partial charge in [0.05, 0.1) is 23.1 Å². The molecule has 0 saturated heterocycles. The van der Waals surface area contributed by atoms with E-state index in [4.69, 9.17) is 0 Å². The summed E-state index contributed by atoms with van der Waals surface area (Å²) in [6, 6.07) is 15.6. The molecule has 122 valence electrons. The van der Waals surface area contributed by atoms with Gasteiger partial charge in [0, 0.05) is 24.9 Å². The highest BCUT2D eigenvalue weighted by Crippen LogP contribution is 2.15. The first-order valence-electron chi connectivity index (χ1n) is 8.10. The average molecular weight is 320 g/mol. The molecule has 0 aliphatic carbocycles. The minimum absolute atomic E-state index is 0.0926. The van der Waals surface area contributed by atoms with Crippen molar-refractivity contribution in [3.05, 3.63) is 77.9 Å². The number of para-hydroxylation sites is 1. The van der Waals surface area contributed by atoms with Crippen LogP contribution < -0.4 is 5.32 Å². The maximum atomic E-state index is 12.5. The maximum absolute atomic E-state index is 12.5. The van der Waals surface area contributed by atoms with Crippen LogP contribution in [0.25, 0.3) is 5.69 Å². The van der Waals surface area contributed by atoms with Crippen LogP contribution in [0.3, 0.4) is 0 Å². The lowest BCUT2D eigenvalue weighted by Gasteiger charge is -2.08. The standard InChI is InChI=1S/C19H20N4O/c1-2-18-17(14-22-23(18)16-9-4-3-5-10-16)19(24)21-13-11-15-8-6-7-12-20-15/h3-10,12,14H,2,11,13H2,1H3,(H,21,24). The van der Waals surface area contributed by atoms with Crippen LogP contribution >= 0.6 is 0 Å². The molecule has 0 unspecified atom stereocenters. The fourth-order valence-electron chi connectivity index (χ4n) is 2.64. The van der Waals surface area contributed by atoms with Crippen LogP contribution in [0.5, 0.6) is 0 Å². The van der Waals surface area contributed by atoms with Gasteiger partial charge in [-0.1, -0.05) is 31.2 Å². The summed E-state index contributed by atoms with van der Waals surface area (Å²) >= 11 is 0. The third-order valence-corrected chi connectivity index (χ3v) is 3.84. The second-order valence-electron chi connectivity index (χ2n) is 5.43. The predicted octanol–water partition coefficient (Wildman–Crippen LogP) is 2.80. The van der Waals surface area contributed by atoms with Crippen LogP contribution in [-0.4, -0.2) is 27.2 Å². The molecule has 1 N–H and O–H groups in total. The highest BCUT2D eigenvalue weighted by atomic mass is 16.1. The zero-order valence-corrected chi connectivity index (χ0v) is 13.6. The summed E-state index contributed by atoms with van der Waals surface area (Å²) in [4.78, 5) is 16.7. The summed E-state index contributed by atoms with van der Waals surface area (Å²) in [5, 5.41) is 7.34. The summed E-state index contributed by atoms with van der Waals surface area (Å²) in [6.45, 7) is 2.58. The molecule has 1 amide bonds. The Bertz CT molecular complexity index is 797. The van der Waals surface area contributed by atoms with E-state index in [-0.39, 0.29) is 5.91 Å². The van der Waals surface area contributed by atoms with Crippen molar-refractivity contribution in [3.63, 3.8) is 0 Å². The van der Waals surface area contributed by atoms with Gasteiger partial charge in [-0.05, 0) is 30.7 Å². The van der Waals surface area contributed by atoms with Gasteiger partial charge in [-0.2, -0.15) is 5.10 Å². The number of hydrogen-bond acceptors (Lipinski definition) is 3. The average Bonchev–Trinajstić information content (AvgIpc) is 3.07. The van der Waals surface area contributed by atoms with Gasteiger partial charge in [0.2, 0.25) is 0 Å². The van der Waals surface area contributed by atoms with Crippen LogP contribution in [0, 0.1) is 0 Å². The van der Waals surface area contributed by atoms with Crippen molar-refractivity contribution < 1.29 is 4.79 Å². The minimum atomic E-state index is -0.0926. The number of nitrogens with zero attached hydrogens (tertiary/aromatic N) is 3. The Labute approximate surface area is 141 Å². The van der Waals surface area contributed by atoms with Crippen molar-refractivity contribution in [2.45, 2.75) is 19.8 Å². The van der Waals surface area contributed by atoms with Crippen LogP contribution in [0.15, 0.2) is 60.9 Å². The van der Waals surface area contributed by atoms with Crippen LogP contribution in [0.4, 0.5) is 0 Å². The first kappa shape index (κ1) is 15.9. The van der Waals surface area contributed by atoms with Crippen molar-refractivity contribution in [1.82, 2.24) is 20.1 Å². The molecule has 0 aliphatic rings. The number of aromatic nitrogens is 3. The van der Waals surface area contributed by atoms with Crippen LogP contribution in [0.2, 0.25) is 0 Å². The van der Waals surface area contributed by atoms with Gasteiger partial charge < -0.3 is 5.32 Å². The number of carbonyl (C=O) groups is 1. The molecule has 0 aliphatic heterocycles. The van der Waals surface area contributed by atoms with Crippen molar-refractivity contribution in [3.8, 4) is 5.69 Å². The Morgan fingerprint density at radius 2 is 1.92 bits per heavy atom. The Hall–Kier alpha value is -2.95. The van der Waals surface area contributed by atoms with Gasteiger partial charge >= 0.3 is 0 Å². The van der Waals surface area contributed by atoms with Crippen molar-refractivity contribution in [1.29, 1.82) is 0 Å². The monoisotopic (exact) mass is 320 g/mol. The van der Waals surface area contributed by atoms with E-state index in [1.54, 1.807) is 12.4 Å². The van der Waals surface area contributed by atoms with E-state index in [9.17, 15) is 4.79 Å². The third-order valence-electron chi connectivity index (χ3n) is 3.84. The first-order chi connectivity index (χ1) is 11.8. The summed E-state index contributed by atoms with van der Waals surface area (Å²) in [5.41, 5.74) is 3.47. The number of benzene rings is 1. The smallest absolute Gasteiger partial charge is 0.254 e. The summed E-state index contributed by atoms with van der Waals surface area (Å²) in [5.74, 6) is -0.0926. The lowest BCUT2D eigenvalue weighted by Crippen LogP contribution is -2.26. The first-order valence-corrected chi connectivity index (χ1v) is 8.10. The molecule has 0 bridgehead atoms. The van der Waals surface area contributed by atoms with Gasteiger partial charge in [-0.15, -0.1) is 0 Å². The molecule has 2 aromatic heterocycles. The molecule has 0 atom stereocenters. The number of rotatable bonds is 6. The topological polar surface area (TPSA) is 59.8 Å². The number of carbonyl (C=O) groups excluding carboxylic acids is 1. The minimum Gasteiger partial charge on any atom is -0.352 e. The van der Waals surface area contributed by atoms with E-state index < -0.39 is 0 Å². The van der Waals surface area contributed by atoms with Crippen molar-refractivity contribution in [2.24, 2.45) is 0 Å². The Morgan fingerprint density at radius 1 is 1.12 bits per heavy atom. The highest BCUT2D eigenvalue weighted by molar-refractivity contribution is 5.95. The van der Waals surface area contributed by atoms with Crippen LogP contribution in [0.1, 0.15) is 28.7 Å². The second-order valence-corrected chi connectivity index (χ2v) is 5.43. The van der Waals surface area contributed by atoms with Crippen LogP contribution in [-0.2, 0) is 12.8 Å². The van der Waals surface area contributed by atoms with Gasteiger partial charge in [0.25, 0.3) is 5.91 Å². The molecule has 0 spiro atoms. The molecule has 5 nitrogen and oxygen atoms in total. The lowest BCUT2D eigenvalue weighted by atomic mass is 10.2. The van der Waals surface area contributed by atoms with Gasteiger partial charge in [-0.3, -0.25) is 9.78 Å². The Balaban J connectivity index is 1.70. The van der Waals surface area contributed by atoms with Gasteiger partial charge in [0.1, 0.15) is 0 Å². The molecule has 5 heteroatoms. The Morgan fingerprint density at radius 3 is 2.62 bits per heavy atom. The Kier molecular flexibility index (Phi) is 5.01. The number of amides is 1. The maximum Gasteiger partial charge on any atom is 0.254 e. The normalized spacial score (nSPS) is 10.5. The van der Waals surface area contributed by atoms with Crippen molar-refractivity contribution in [2.75, 3.05) is 6.54 Å². The molecule has 3 aromatic rings. The van der Waals surface area contributed by atoms with E-state index >= 15 is 0 Å². The van der Waals surface area contributed by atoms with E-state index in [2.05, 4.69) is 15.4 Å². The third kappa shape index (κ3) is 3.51. The summed E-state index contributed by atoms with van der Waals surface area (Å²) in [7, 11) is 0. The number of hydrogen-bond donors (Lipinski definition) is 1. The fraction of sp³-hybridized carbons (Fsp3) is 0.211. The van der Waals surface area contributed by atoms with E-state index in [1.807, 2.05) is 60.1 Å². The van der Waals surface area contributed by atoms with E-state index in [0.29, 0.717) is 18.5 Å². The molecule has 0 radical (unpaired) electrons. The zero-order valence-electron chi connectivity index (χ0n) is 13.6. The lowest BCUT2D eigenvalue weighted by molar-refractivity contribution is 0.0953. The largest absolute Gasteiger partial charge is 0.352 e. The molecule has 2 heterocycles. The SMILES string of the molecule is CCc1c(C(=O)NCCc2ccccn2)cnn1-c1ccccc1. The van der Waals surface area contributed by atoms with E-state index in [1.165, 1.54) is 0 Å².